The Morgan fingerprint density at radius 3 is 2.76 bits per heavy atom. The molecule has 1 aliphatic carbocycles. The number of esters is 1. The van der Waals surface area contributed by atoms with Gasteiger partial charge in [-0.05, 0) is 50.1 Å². The smallest absolute Gasteiger partial charge is 0.342 e. The van der Waals surface area contributed by atoms with E-state index in [2.05, 4.69) is 0 Å². The molecule has 0 bridgehead atoms. The van der Waals surface area contributed by atoms with E-state index in [0.717, 1.165) is 0 Å². The molecule has 2 unspecified atom stereocenters. The maximum atomic E-state index is 12.9. The normalized spacial score (nSPS) is 24.1. The Balaban J connectivity index is 1.93. The van der Waals surface area contributed by atoms with E-state index in [0.29, 0.717) is 22.5 Å². The first kappa shape index (κ1) is 20.7. The second-order valence-electron chi connectivity index (χ2n) is 7.25. The summed E-state index contributed by atoms with van der Waals surface area (Å²) in [4.78, 5) is 25.7. The number of methoxy groups -OCH3 is 1. The van der Waals surface area contributed by atoms with Crippen LogP contribution in [0.15, 0.2) is 47.3 Å². The number of allylic oxidation sites excluding steroid dienone is 3. The fourth-order valence-corrected chi connectivity index (χ4v) is 3.56. The first-order chi connectivity index (χ1) is 13.7. The van der Waals surface area contributed by atoms with Gasteiger partial charge in [0.25, 0.3) is 0 Å². The first-order valence-electron chi connectivity index (χ1n) is 9.24. The molecule has 2 atom stereocenters. The van der Waals surface area contributed by atoms with Gasteiger partial charge in [-0.25, -0.2) is 4.79 Å². The van der Waals surface area contributed by atoms with Crippen LogP contribution in [0.3, 0.4) is 0 Å². The predicted octanol–water partition coefficient (Wildman–Crippen LogP) is 2.75. The topological polar surface area (TPSA) is 102 Å². The zero-order valence-electron chi connectivity index (χ0n) is 16.8. The average Bonchev–Trinajstić information content (AvgIpc) is 2.65. The largest absolute Gasteiger partial charge is 0.508 e. The third kappa shape index (κ3) is 3.78. The first-order valence-corrected chi connectivity index (χ1v) is 9.24. The van der Waals surface area contributed by atoms with Gasteiger partial charge in [-0.15, -0.1) is 0 Å². The summed E-state index contributed by atoms with van der Waals surface area (Å²) in [5.41, 5.74) is -0.246. The van der Waals surface area contributed by atoms with Crippen LogP contribution in [0.25, 0.3) is 0 Å². The lowest BCUT2D eigenvalue weighted by molar-refractivity contribution is -0.146. The Morgan fingerprint density at radius 1 is 1.38 bits per heavy atom. The van der Waals surface area contributed by atoms with Crippen LogP contribution in [-0.4, -0.2) is 47.4 Å². The Morgan fingerprint density at radius 2 is 2.10 bits per heavy atom. The molecule has 0 radical (unpaired) electrons. The quantitative estimate of drug-likeness (QED) is 0.749. The molecule has 0 saturated carbocycles. The molecule has 2 aliphatic rings. The number of phenols is 1. The highest BCUT2D eigenvalue weighted by Crippen LogP contribution is 2.37. The number of aliphatic hydroxyl groups is 1. The average molecular weight is 400 g/mol. The summed E-state index contributed by atoms with van der Waals surface area (Å²) < 4.78 is 16.3. The van der Waals surface area contributed by atoms with E-state index in [4.69, 9.17) is 14.2 Å². The number of carbonyl (C=O) groups is 2. The fraction of sp³-hybridized carbons (Fsp3) is 0.364. The molecular formula is C22H24O7. The highest BCUT2D eigenvalue weighted by atomic mass is 16.6. The van der Waals surface area contributed by atoms with E-state index < -0.39 is 23.5 Å². The van der Waals surface area contributed by atoms with Gasteiger partial charge in [0, 0.05) is 18.1 Å². The Hall–Kier alpha value is -3.06. The molecule has 0 saturated heterocycles. The van der Waals surface area contributed by atoms with E-state index in [9.17, 15) is 19.8 Å². The summed E-state index contributed by atoms with van der Waals surface area (Å²) in [6, 6.07) is 2.72. The van der Waals surface area contributed by atoms with Crippen LogP contribution in [0, 0.1) is 6.92 Å². The van der Waals surface area contributed by atoms with Crippen molar-refractivity contribution in [1.82, 2.24) is 0 Å². The van der Waals surface area contributed by atoms with Gasteiger partial charge >= 0.3 is 5.97 Å². The van der Waals surface area contributed by atoms with Gasteiger partial charge < -0.3 is 24.4 Å². The molecule has 2 N–H and O–H groups in total. The third-order valence-corrected chi connectivity index (χ3v) is 5.14. The number of Topliss-reactive ketones (excluding diaryl/α,β-unsaturated/α-hetero) is 1. The molecule has 0 amide bonds. The summed E-state index contributed by atoms with van der Waals surface area (Å²) in [5.74, 6) is -0.570. The number of aryl methyl sites for hydroxylation is 1. The van der Waals surface area contributed by atoms with Crippen LogP contribution >= 0.6 is 0 Å². The Kier molecular flexibility index (Phi) is 5.53. The van der Waals surface area contributed by atoms with Crippen molar-refractivity contribution < 1.29 is 34.0 Å². The van der Waals surface area contributed by atoms with Crippen LogP contribution in [0.2, 0.25) is 0 Å². The number of aromatic hydroxyl groups is 1. The molecule has 1 aliphatic heterocycles. The van der Waals surface area contributed by atoms with Crippen LogP contribution in [0.1, 0.15) is 36.2 Å². The third-order valence-electron chi connectivity index (χ3n) is 5.14. The molecule has 1 aromatic rings. The van der Waals surface area contributed by atoms with Gasteiger partial charge in [-0.3, -0.25) is 4.79 Å². The summed E-state index contributed by atoms with van der Waals surface area (Å²) in [6.45, 7) is 4.88. The maximum absolute atomic E-state index is 12.9. The second kappa shape index (κ2) is 7.75. The Bertz CT molecular complexity index is 950. The molecule has 29 heavy (non-hydrogen) atoms. The minimum absolute atomic E-state index is 0.0469. The van der Waals surface area contributed by atoms with Crippen LogP contribution in [0.5, 0.6) is 11.5 Å². The van der Waals surface area contributed by atoms with E-state index >= 15 is 0 Å². The summed E-state index contributed by atoms with van der Waals surface area (Å²) in [6.07, 6.45) is 4.39. The highest BCUT2D eigenvalue weighted by molar-refractivity contribution is 6.05. The van der Waals surface area contributed by atoms with Gasteiger partial charge in [0.05, 0.1) is 7.11 Å². The number of ether oxygens (including phenoxy) is 3. The lowest BCUT2D eigenvalue weighted by Crippen LogP contribution is -2.53. The minimum Gasteiger partial charge on any atom is -0.508 e. The molecule has 1 aromatic carbocycles. The number of hydrogen-bond donors (Lipinski definition) is 2. The monoisotopic (exact) mass is 400 g/mol. The van der Waals surface area contributed by atoms with Crippen molar-refractivity contribution in [3.63, 3.8) is 0 Å². The molecule has 0 fully saturated rings. The number of rotatable bonds is 4. The van der Waals surface area contributed by atoms with Crippen LogP contribution in [0.4, 0.5) is 0 Å². The summed E-state index contributed by atoms with van der Waals surface area (Å²) >= 11 is 0. The van der Waals surface area contributed by atoms with Gasteiger partial charge in [0.15, 0.2) is 11.4 Å². The lowest BCUT2D eigenvalue weighted by Gasteiger charge is -2.38. The van der Waals surface area contributed by atoms with Crippen molar-refractivity contribution in [1.29, 1.82) is 0 Å². The predicted molar refractivity (Wildman–Crippen MR) is 105 cm³/mol. The van der Waals surface area contributed by atoms with Gasteiger partial charge in [-0.2, -0.15) is 0 Å². The number of carbonyl (C=O) groups excluding carboxylic acids is 2. The van der Waals surface area contributed by atoms with E-state index in [1.165, 1.54) is 26.2 Å². The van der Waals surface area contributed by atoms with E-state index in [-0.39, 0.29) is 30.1 Å². The van der Waals surface area contributed by atoms with Gasteiger partial charge in [0.1, 0.15) is 35.5 Å². The van der Waals surface area contributed by atoms with Crippen molar-refractivity contribution in [3.8, 4) is 11.5 Å². The minimum atomic E-state index is -1.89. The van der Waals surface area contributed by atoms with Crippen molar-refractivity contribution in [2.75, 3.05) is 13.7 Å². The number of ketones is 1. The highest BCUT2D eigenvalue weighted by Gasteiger charge is 2.48. The second-order valence-corrected chi connectivity index (χ2v) is 7.25. The maximum Gasteiger partial charge on any atom is 0.342 e. The van der Waals surface area contributed by atoms with E-state index in [1.807, 2.05) is 13.0 Å². The zero-order chi connectivity index (χ0) is 21.3. The standard InChI is InChI=1S/C22H24O7/c1-5-6-15-8-13-9-18(22(3,26)20(24)16(13)11-28-15)29-21(25)19-12(2)7-14(23)10-17(19)27-4/h5-8,10,18,23,26H,9,11H2,1-4H3. The van der Waals surface area contributed by atoms with Gasteiger partial charge in [-0.1, -0.05) is 6.08 Å². The van der Waals surface area contributed by atoms with Crippen LogP contribution in [-0.2, 0) is 14.3 Å². The molecule has 0 aromatic heterocycles. The van der Waals surface area contributed by atoms with E-state index in [1.54, 1.807) is 19.1 Å². The Labute approximate surface area is 168 Å². The van der Waals surface area contributed by atoms with Crippen molar-refractivity contribution in [2.45, 2.75) is 38.9 Å². The summed E-state index contributed by atoms with van der Waals surface area (Å²) in [5, 5.41) is 20.5. The number of benzene rings is 1. The molecule has 7 heteroatoms. The van der Waals surface area contributed by atoms with Crippen molar-refractivity contribution >= 4 is 11.8 Å². The van der Waals surface area contributed by atoms with Crippen molar-refractivity contribution in [2.24, 2.45) is 0 Å². The summed E-state index contributed by atoms with van der Waals surface area (Å²) in [7, 11) is 1.37. The van der Waals surface area contributed by atoms with Crippen molar-refractivity contribution in [3.05, 3.63) is 58.4 Å². The van der Waals surface area contributed by atoms with Gasteiger partial charge in [0.2, 0.25) is 0 Å². The fourth-order valence-electron chi connectivity index (χ4n) is 3.56. The molecule has 0 spiro atoms. The van der Waals surface area contributed by atoms with Crippen LogP contribution < -0.4 is 4.74 Å². The molecule has 1 heterocycles. The molecule has 3 rings (SSSR count). The SMILES string of the molecule is CC=CC1=CC2=C(CO1)C(=O)C(C)(O)C(OC(=O)c1c(C)cc(O)cc1OC)C2. The molecule has 154 valence electrons. The number of hydrogen-bond acceptors (Lipinski definition) is 7. The number of phenolic OH excluding ortho intramolecular Hbond substituents is 1. The zero-order valence-corrected chi connectivity index (χ0v) is 16.8. The molecule has 7 nitrogen and oxygen atoms in total. The lowest BCUT2D eigenvalue weighted by atomic mass is 9.77. The molecular weight excluding hydrogens is 376 g/mol.